The Morgan fingerprint density at radius 2 is 1.71 bits per heavy atom. The van der Waals surface area contributed by atoms with Gasteiger partial charge in [-0.2, -0.15) is 0 Å². The average molecular weight is 500 g/mol. The van der Waals surface area contributed by atoms with Gasteiger partial charge in [-0.25, -0.2) is 0 Å². The Labute approximate surface area is 210 Å². The Balaban J connectivity index is 1.23. The third kappa shape index (κ3) is 6.56. The molecule has 35 heavy (non-hydrogen) atoms. The zero-order chi connectivity index (χ0) is 24.6. The number of methoxy groups -OCH3 is 2. The van der Waals surface area contributed by atoms with Gasteiger partial charge in [-0.05, 0) is 56.4 Å². The zero-order valence-corrected chi connectivity index (χ0v) is 21.2. The van der Waals surface area contributed by atoms with E-state index in [1.165, 1.54) is 18.2 Å². The molecule has 10 heteroatoms. The van der Waals surface area contributed by atoms with Crippen LogP contribution < -0.4 is 19.7 Å². The third-order valence-electron chi connectivity index (χ3n) is 6.48. The molecule has 2 aliphatic rings. The van der Waals surface area contributed by atoms with Crippen LogP contribution in [0.25, 0.3) is 0 Å². The van der Waals surface area contributed by atoms with Crippen molar-refractivity contribution in [3.8, 4) is 11.5 Å². The van der Waals surface area contributed by atoms with Crippen molar-refractivity contribution in [2.24, 2.45) is 5.92 Å². The molecule has 2 amide bonds. The van der Waals surface area contributed by atoms with Crippen molar-refractivity contribution in [3.63, 3.8) is 0 Å². The predicted molar refractivity (Wildman–Crippen MR) is 136 cm³/mol. The Bertz CT molecular complexity index is 1010. The number of hydrogen-bond acceptors (Lipinski definition) is 8. The van der Waals surface area contributed by atoms with Crippen LogP contribution in [0.4, 0.5) is 11.5 Å². The van der Waals surface area contributed by atoms with E-state index in [0.29, 0.717) is 28.1 Å². The predicted octanol–water partition coefficient (Wildman–Crippen LogP) is 3.45. The topological polar surface area (TPSA) is 96.9 Å². The molecule has 3 heterocycles. The molecule has 0 radical (unpaired) electrons. The van der Waals surface area contributed by atoms with Crippen molar-refractivity contribution in [3.05, 3.63) is 30.3 Å². The minimum atomic E-state index is -0.145. The molecule has 1 aromatic heterocycles. The van der Waals surface area contributed by atoms with E-state index in [2.05, 4.69) is 25.3 Å². The number of nitrogens with one attached hydrogen (secondary N) is 1. The first-order chi connectivity index (χ1) is 17.1. The van der Waals surface area contributed by atoms with Crippen LogP contribution in [0.3, 0.4) is 0 Å². The van der Waals surface area contributed by atoms with Gasteiger partial charge in [0.2, 0.25) is 11.8 Å². The van der Waals surface area contributed by atoms with Gasteiger partial charge in [-0.3, -0.25) is 9.59 Å². The molecule has 9 nitrogen and oxygen atoms in total. The molecule has 2 aliphatic heterocycles. The fraction of sp³-hybridized carbons (Fsp3) is 0.520. The highest BCUT2D eigenvalue weighted by atomic mass is 32.2. The maximum absolute atomic E-state index is 12.8. The van der Waals surface area contributed by atoms with Crippen molar-refractivity contribution in [2.75, 3.05) is 56.4 Å². The lowest BCUT2D eigenvalue weighted by Crippen LogP contribution is -2.44. The molecule has 188 valence electrons. The molecule has 1 N–H and O–H groups in total. The number of hydrogen-bond donors (Lipinski definition) is 1. The smallest absolute Gasteiger partial charge is 0.234 e. The molecule has 2 fully saturated rings. The first-order valence-corrected chi connectivity index (χ1v) is 13.1. The molecule has 0 atom stereocenters. The summed E-state index contributed by atoms with van der Waals surface area (Å²) in [6.07, 6.45) is 5.19. The Morgan fingerprint density at radius 3 is 2.37 bits per heavy atom. The molecule has 0 saturated carbocycles. The number of ether oxygens (including phenoxy) is 2. The monoisotopic (exact) mass is 499 g/mol. The van der Waals surface area contributed by atoms with Crippen molar-refractivity contribution < 1.29 is 19.1 Å². The molecular weight excluding hydrogens is 466 g/mol. The quantitative estimate of drug-likeness (QED) is 0.552. The highest BCUT2D eigenvalue weighted by molar-refractivity contribution is 7.99. The standard InChI is InChI=1S/C25H33N5O4S/c1-33-20-7-6-19(16-21(20)34-2)26-23(31)17-35-24-9-8-22(27-28-24)29-14-10-18(11-15-29)25(32)30-12-4-3-5-13-30/h6-9,16,18H,3-5,10-15,17H2,1-2H3,(H,26,31). The van der Waals surface area contributed by atoms with Gasteiger partial charge >= 0.3 is 0 Å². The summed E-state index contributed by atoms with van der Waals surface area (Å²) in [5.41, 5.74) is 0.636. The molecule has 2 aromatic rings. The minimum absolute atomic E-state index is 0.122. The summed E-state index contributed by atoms with van der Waals surface area (Å²) in [4.78, 5) is 29.4. The molecule has 0 bridgehead atoms. The van der Waals surface area contributed by atoms with Crippen molar-refractivity contribution >= 4 is 35.1 Å². The lowest BCUT2D eigenvalue weighted by molar-refractivity contribution is -0.137. The van der Waals surface area contributed by atoms with Gasteiger partial charge in [0.25, 0.3) is 0 Å². The second kappa shape index (κ2) is 12.1. The Kier molecular flexibility index (Phi) is 8.68. The SMILES string of the molecule is COc1ccc(NC(=O)CSc2ccc(N3CCC(C(=O)N4CCCCC4)CC3)nn2)cc1OC. The number of rotatable bonds is 8. The highest BCUT2D eigenvalue weighted by Crippen LogP contribution is 2.30. The van der Waals surface area contributed by atoms with Gasteiger partial charge in [0.05, 0.1) is 20.0 Å². The van der Waals surface area contributed by atoms with Gasteiger partial charge in [0, 0.05) is 43.9 Å². The second-order valence-corrected chi connectivity index (χ2v) is 9.78. The van der Waals surface area contributed by atoms with E-state index < -0.39 is 0 Å². The number of carbonyl (C=O) groups excluding carboxylic acids is 2. The van der Waals surface area contributed by atoms with Crippen LogP contribution in [0.15, 0.2) is 35.4 Å². The Hall–Kier alpha value is -3.01. The number of amides is 2. The lowest BCUT2D eigenvalue weighted by atomic mass is 9.94. The molecular formula is C25H33N5O4S. The van der Waals surface area contributed by atoms with Crippen LogP contribution in [0.1, 0.15) is 32.1 Å². The number of thioether (sulfide) groups is 1. The van der Waals surface area contributed by atoms with Crippen LogP contribution in [-0.2, 0) is 9.59 Å². The summed E-state index contributed by atoms with van der Waals surface area (Å²) >= 11 is 1.33. The van der Waals surface area contributed by atoms with E-state index in [0.717, 1.165) is 57.7 Å². The molecule has 1 aromatic carbocycles. The molecule has 2 saturated heterocycles. The van der Waals surface area contributed by atoms with Gasteiger partial charge in [0.15, 0.2) is 17.3 Å². The van der Waals surface area contributed by atoms with Gasteiger partial charge in [-0.15, -0.1) is 10.2 Å². The summed E-state index contributed by atoms with van der Waals surface area (Å²) in [6, 6.07) is 9.06. The van der Waals surface area contributed by atoms with Gasteiger partial charge < -0.3 is 24.6 Å². The number of carbonyl (C=O) groups is 2. The number of piperidine rings is 2. The van der Waals surface area contributed by atoms with E-state index in [4.69, 9.17) is 9.47 Å². The maximum Gasteiger partial charge on any atom is 0.234 e. The minimum Gasteiger partial charge on any atom is -0.493 e. The number of aromatic nitrogens is 2. The number of likely N-dealkylation sites (tertiary alicyclic amines) is 1. The summed E-state index contributed by atoms with van der Waals surface area (Å²) in [5.74, 6) is 2.49. The Morgan fingerprint density at radius 1 is 0.971 bits per heavy atom. The van der Waals surface area contributed by atoms with Crippen LogP contribution in [0.2, 0.25) is 0 Å². The number of anilines is 2. The third-order valence-corrected chi connectivity index (χ3v) is 7.40. The number of benzene rings is 1. The summed E-state index contributed by atoms with van der Waals surface area (Å²) < 4.78 is 10.5. The van der Waals surface area contributed by atoms with Crippen molar-refractivity contribution in [1.82, 2.24) is 15.1 Å². The van der Waals surface area contributed by atoms with Gasteiger partial charge in [-0.1, -0.05) is 11.8 Å². The maximum atomic E-state index is 12.8. The van der Waals surface area contributed by atoms with Crippen LogP contribution in [-0.4, -0.2) is 73.1 Å². The summed E-state index contributed by atoms with van der Waals surface area (Å²) in [6.45, 7) is 3.43. The lowest BCUT2D eigenvalue weighted by Gasteiger charge is -2.35. The van der Waals surface area contributed by atoms with Crippen molar-refractivity contribution in [1.29, 1.82) is 0 Å². The molecule has 0 spiro atoms. The van der Waals surface area contributed by atoms with Gasteiger partial charge in [0.1, 0.15) is 5.03 Å². The first kappa shape index (κ1) is 25.1. The fourth-order valence-electron chi connectivity index (χ4n) is 4.54. The second-order valence-electron chi connectivity index (χ2n) is 8.78. The molecule has 0 unspecified atom stereocenters. The van der Waals surface area contributed by atoms with E-state index in [9.17, 15) is 9.59 Å². The fourth-order valence-corrected chi connectivity index (χ4v) is 5.15. The van der Waals surface area contributed by atoms with E-state index in [-0.39, 0.29) is 17.6 Å². The van der Waals surface area contributed by atoms with Crippen LogP contribution >= 0.6 is 11.8 Å². The van der Waals surface area contributed by atoms with Crippen LogP contribution in [0.5, 0.6) is 11.5 Å². The summed E-state index contributed by atoms with van der Waals surface area (Å²) in [5, 5.41) is 12.2. The normalized spacial score (nSPS) is 16.6. The number of nitrogens with zero attached hydrogens (tertiary/aromatic N) is 4. The summed E-state index contributed by atoms with van der Waals surface area (Å²) in [7, 11) is 3.12. The van der Waals surface area contributed by atoms with Crippen LogP contribution in [0, 0.1) is 5.92 Å². The van der Waals surface area contributed by atoms with E-state index >= 15 is 0 Å². The highest BCUT2D eigenvalue weighted by Gasteiger charge is 2.29. The molecule has 4 rings (SSSR count). The van der Waals surface area contributed by atoms with E-state index in [1.54, 1.807) is 32.4 Å². The first-order valence-electron chi connectivity index (χ1n) is 12.1. The zero-order valence-electron chi connectivity index (χ0n) is 20.4. The largest absolute Gasteiger partial charge is 0.493 e. The van der Waals surface area contributed by atoms with Crippen molar-refractivity contribution in [2.45, 2.75) is 37.1 Å². The average Bonchev–Trinajstić information content (AvgIpc) is 2.92. The molecule has 0 aliphatic carbocycles. The van der Waals surface area contributed by atoms with E-state index in [1.807, 2.05) is 12.1 Å².